The number of ether oxygens (including phenoxy) is 2. The number of rotatable bonds is 5. The lowest BCUT2D eigenvalue weighted by molar-refractivity contribution is 0.0457. The fourth-order valence-corrected chi connectivity index (χ4v) is 4.82. The van der Waals surface area contributed by atoms with Crippen molar-refractivity contribution in [2.24, 2.45) is 0 Å². The van der Waals surface area contributed by atoms with E-state index in [1.165, 1.54) is 18.2 Å². The smallest absolute Gasteiger partial charge is 0.350 e. The number of carbonyl (C=O) groups is 2. The van der Waals surface area contributed by atoms with Gasteiger partial charge in [-0.1, -0.05) is 11.6 Å². The van der Waals surface area contributed by atoms with Gasteiger partial charge in [0.05, 0.1) is 17.2 Å². The third kappa shape index (κ3) is 3.67. The summed E-state index contributed by atoms with van der Waals surface area (Å²) in [6.07, 6.45) is 0. The highest BCUT2D eigenvalue weighted by Crippen LogP contribution is 2.37. The molecule has 144 valence electrons. The number of esters is 2. The Morgan fingerprint density at radius 3 is 2.64 bits per heavy atom. The maximum absolute atomic E-state index is 13.4. The second kappa shape index (κ2) is 8.14. The molecular formula is C18H12ClFN2O4S2. The zero-order valence-corrected chi connectivity index (χ0v) is 16.8. The number of carbonyl (C=O) groups excluding carboxylic acids is 2. The van der Waals surface area contributed by atoms with E-state index < -0.39 is 17.8 Å². The first-order valence-electron chi connectivity index (χ1n) is 7.90. The molecular weight excluding hydrogens is 427 g/mol. The van der Waals surface area contributed by atoms with E-state index in [0.717, 1.165) is 22.7 Å². The van der Waals surface area contributed by atoms with Crippen LogP contribution in [0, 0.1) is 17.1 Å². The Hall–Kier alpha value is -2.67. The Morgan fingerprint density at radius 2 is 1.96 bits per heavy atom. The molecule has 0 amide bonds. The van der Waals surface area contributed by atoms with E-state index >= 15 is 0 Å². The van der Waals surface area contributed by atoms with Gasteiger partial charge in [-0.2, -0.15) is 5.26 Å². The van der Waals surface area contributed by atoms with E-state index in [1.807, 2.05) is 6.07 Å². The molecule has 0 atom stereocenters. The predicted molar refractivity (Wildman–Crippen MR) is 105 cm³/mol. The van der Waals surface area contributed by atoms with E-state index in [-0.39, 0.29) is 44.1 Å². The molecule has 0 fully saturated rings. The number of nitrogens with zero attached hydrogens (tertiary/aromatic N) is 1. The molecule has 0 saturated carbocycles. The highest BCUT2D eigenvalue weighted by Gasteiger charge is 2.25. The van der Waals surface area contributed by atoms with Crippen LogP contribution in [0.15, 0.2) is 18.2 Å². The molecule has 2 heterocycles. The zero-order valence-electron chi connectivity index (χ0n) is 14.4. The van der Waals surface area contributed by atoms with Gasteiger partial charge in [-0.15, -0.1) is 22.7 Å². The number of thiophene rings is 2. The van der Waals surface area contributed by atoms with Crippen molar-refractivity contribution in [3.63, 3.8) is 0 Å². The van der Waals surface area contributed by atoms with Crippen LogP contribution in [0.2, 0.25) is 5.02 Å². The molecule has 0 saturated heterocycles. The van der Waals surface area contributed by atoms with E-state index in [2.05, 4.69) is 0 Å². The Labute approximate surface area is 171 Å². The van der Waals surface area contributed by atoms with Crippen LogP contribution in [0.5, 0.6) is 0 Å². The Balaban J connectivity index is 1.88. The van der Waals surface area contributed by atoms with Crippen molar-refractivity contribution in [1.29, 1.82) is 5.26 Å². The first kappa shape index (κ1) is 20.1. The molecule has 0 unspecified atom stereocenters. The lowest BCUT2D eigenvalue weighted by Gasteiger charge is -2.06. The van der Waals surface area contributed by atoms with Gasteiger partial charge in [0, 0.05) is 15.6 Å². The van der Waals surface area contributed by atoms with Crippen LogP contribution in [-0.4, -0.2) is 18.5 Å². The number of hydrogen-bond donors (Lipinski definition) is 1. The Morgan fingerprint density at radius 1 is 1.25 bits per heavy atom. The lowest BCUT2D eigenvalue weighted by atomic mass is 10.1. The van der Waals surface area contributed by atoms with Gasteiger partial charge >= 0.3 is 11.9 Å². The minimum Gasteiger partial charge on any atom is -0.462 e. The first-order chi connectivity index (χ1) is 13.4. The second-order valence-corrected chi connectivity index (χ2v) is 7.93. The van der Waals surface area contributed by atoms with Crippen molar-refractivity contribution in [1.82, 2.24) is 0 Å². The first-order valence-corrected chi connectivity index (χ1v) is 9.91. The van der Waals surface area contributed by atoms with Crippen molar-refractivity contribution in [3.05, 3.63) is 49.9 Å². The molecule has 6 nitrogen and oxygen atoms in total. The van der Waals surface area contributed by atoms with Gasteiger partial charge < -0.3 is 15.2 Å². The van der Waals surface area contributed by atoms with Gasteiger partial charge in [0.25, 0.3) is 0 Å². The number of anilines is 1. The molecule has 10 heteroatoms. The quantitative estimate of drug-likeness (QED) is 0.577. The summed E-state index contributed by atoms with van der Waals surface area (Å²) in [6.45, 7) is 1.43. The topological polar surface area (TPSA) is 102 Å². The summed E-state index contributed by atoms with van der Waals surface area (Å²) >= 11 is 8.10. The van der Waals surface area contributed by atoms with Gasteiger partial charge in [0.2, 0.25) is 0 Å². The van der Waals surface area contributed by atoms with E-state index in [1.54, 1.807) is 6.92 Å². The van der Waals surface area contributed by atoms with Crippen LogP contribution in [0.3, 0.4) is 0 Å². The summed E-state index contributed by atoms with van der Waals surface area (Å²) in [7, 11) is 0. The van der Waals surface area contributed by atoms with Crippen molar-refractivity contribution >= 4 is 61.3 Å². The van der Waals surface area contributed by atoms with Crippen LogP contribution < -0.4 is 5.73 Å². The average molecular weight is 439 g/mol. The average Bonchev–Trinajstić information content (AvgIpc) is 3.16. The molecule has 2 aromatic heterocycles. The largest absolute Gasteiger partial charge is 0.462 e. The summed E-state index contributed by atoms with van der Waals surface area (Å²) in [5, 5.41) is 10.1. The Bertz CT molecular complexity index is 1130. The number of halogens is 2. The highest BCUT2D eigenvalue weighted by molar-refractivity contribution is 7.21. The number of fused-ring (bicyclic) bond motifs is 1. The third-order valence-electron chi connectivity index (χ3n) is 3.73. The standard InChI is InChI=1S/C18H12ClFN2O4S2/c1-2-25-17(23)14-11(10(6-21)16(22)28-14)7-26-18(24)15-13(19)9-4-3-8(20)5-12(9)27-15/h3-5H,2,7,22H2,1H3. The maximum Gasteiger partial charge on any atom is 0.350 e. The van der Waals surface area contributed by atoms with Gasteiger partial charge in [0.1, 0.15) is 33.2 Å². The summed E-state index contributed by atoms with van der Waals surface area (Å²) in [5.74, 6) is -1.85. The van der Waals surface area contributed by atoms with E-state index in [0.29, 0.717) is 10.1 Å². The van der Waals surface area contributed by atoms with Gasteiger partial charge in [-0.25, -0.2) is 14.0 Å². The molecule has 0 radical (unpaired) electrons. The molecule has 1 aromatic carbocycles. The number of hydrogen-bond acceptors (Lipinski definition) is 8. The molecule has 0 spiro atoms. The van der Waals surface area contributed by atoms with E-state index in [4.69, 9.17) is 26.8 Å². The van der Waals surface area contributed by atoms with Gasteiger partial charge in [-0.3, -0.25) is 0 Å². The number of nitrogen functional groups attached to an aromatic ring is 1. The minimum absolute atomic E-state index is 0.0605. The number of nitriles is 1. The fourth-order valence-electron chi connectivity index (χ4n) is 2.48. The predicted octanol–water partition coefficient (Wildman–Crippen LogP) is 4.74. The molecule has 0 aliphatic heterocycles. The number of nitrogens with two attached hydrogens (primary N) is 1. The van der Waals surface area contributed by atoms with Crippen LogP contribution in [0.4, 0.5) is 9.39 Å². The van der Waals surface area contributed by atoms with Gasteiger partial charge in [-0.05, 0) is 25.1 Å². The molecule has 28 heavy (non-hydrogen) atoms. The zero-order chi connectivity index (χ0) is 20.4. The molecule has 3 rings (SSSR count). The van der Waals surface area contributed by atoms with Crippen LogP contribution in [0.1, 0.15) is 37.4 Å². The van der Waals surface area contributed by atoms with Crippen molar-refractivity contribution < 1.29 is 23.5 Å². The van der Waals surface area contributed by atoms with Gasteiger partial charge in [0.15, 0.2) is 0 Å². The molecule has 2 N–H and O–H groups in total. The number of benzene rings is 1. The molecule has 0 aliphatic carbocycles. The van der Waals surface area contributed by atoms with Crippen molar-refractivity contribution in [3.8, 4) is 6.07 Å². The van der Waals surface area contributed by atoms with Crippen molar-refractivity contribution in [2.45, 2.75) is 13.5 Å². The highest BCUT2D eigenvalue weighted by atomic mass is 35.5. The molecule has 3 aromatic rings. The van der Waals surface area contributed by atoms with E-state index in [9.17, 15) is 19.2 Å². The SMILES string of the molecule is CCOC(=O)c1sc(N)c(C#N)c1COC(=O)c1sc2cc(F)ccc2c1Cl. The maximum atomic E-state index is 13.4. The van der Waals surface area contributed by atoms with Crippen LogP contribution in [-0.2, 0) is 16.1 Å². The second-order valence-electron chi connectivity index (χ2n) is 5.44. The summed E-state index contributed by atoms with van der Waals surface area (Å²) in [6, 6.07) is 5.90. The summed E-state index contributed by atoms with van der Waals surface area (Å²) in [5.41, 5.74) is 6.03. The minimum atomic E-state index is -0.755. The van der Waals surface area contributed by atoms with Crippen molar-refractivity contribution in [2.75, 3.05) is 12.3 Å². The lowest BCUT2D eigenvalue weighted by Crippen LogP contribution is -2.09. The molecule has 0 bridgehead atoms. The summed E-state index contributed by atoms with van der Waals surface area (Å²) in [4.78, 5) is 24.8. The van der Waals surface area contributed by atoms with Crippen LogP contribution in [0.25, 0.3) is 10.1 Å². The normalized spacial score (nSPS) is 10.6. The third-order valence-corrected chi connectivity index (χ3v) is 6.41. The summed E-state index contributed by atoms with van der Waals surface area (Å²) < 4.78 is 24.1. The fraction of sp³-hybridized carbons (Fsp3) is 0.167. The monoisotopic (exact) mass is 438 g/mol. The molecule has 0 aliphatic rings. The Kier molecular flexibility index (Phi) is 5.84. The van der Waals surface area contributed by atoms with Crippen LogP contribution >= 0.6 is 34.3 Å².